The van der Waals surface area contributed by atoms with Crippen LogP contribution in [0.2, 0.25) is 0 Å². The minimum absolute atomic E-state index is 0.191. The molecule has 1 amide bonds. The maximum atomic E-state index is 12.8. The molecule has 1 saturated heterocycles. The smallest absolute Gasteiger partial charge is 0.456 e. The van der Waals surface area contributed by atoms with Gasteiger partial charge in [-0.2, -0.15) is 4.79 Å². The predicted molar refractivity (Wildman–Crippen MR) is 134 cm³/mol. The highest BCUT2D eigenvalue weighted by Gasteiger charge is 2.40. The Labute approximate surface area is 208 Å². The predicted octanol–water partition coefficient (Wildman–Crippen LogP) is 4.67. The van der Waals surface area contributed by atoms with Gasteiger partial charge in [0, 0.05) is 29.5 Å². The van der Waals surface area contributed by atoms with E-state index < -0.39 is 11.2 Å². The monoisotopic (exact) mass is 726 g/mol. The second-order valence-corrected chi connectivity index (χ2v) is 12.1. The summed E-state index contributed by atoms with van der Waals surface area (Å²) in [6.45, 7) is 11.0. The molecule has 1 aromatic carbocycles. The van der Waals surface area contributed by atoms with Gasteiger partial charge >= 0.3 is 12.1 Å². The molecule has 0 atom stereocenters. The number of hydrogen-bond donors (Lipinski definition) is 1. The van der Waals surface area contributed by atoms with E-state index in [1.807, 2.05) is 46.8 Å². The molecule has 1 N–H and O–H groups in total. The number of piperidine rings is 1. The number of ether oxygens (including phenoxy) is 2. The Balaban J connectivity index is 2.01. The molecular weight excluding hydrogens is 699 g/mol. The second-order valence-electron chi connectivity index (χ2n) is 8.62. The van der Waals surface area contributed by atoms with Gasteiger partial charge < -0.3 is 9.47 Å². The molecule has 156 valence electrons. The molecule has 0 bridgehead atoms. The molecular formula is C20H27I3NO4+. The topological polar surface area (TPSA) is 57.0 Å². The molecule has 0 spiro atoms. The highest BCUT2D eigenvalue weighted by atomic mass is 127. The lowest BCUT2D eigenvalue weighted by molar-refractivity contribution is -0.832. The average Bonchev–Trinajstić information content (AvgIpc) is 2.56. The summed E-state index contributed by atoms with van der Waals surface area (Å²) in [5.74, 6) is -0.0742. The molecule has 8 heteroatoms. The fraction of sp³-hybridized carbons (Fsp3) is 0.600. The van der Waals surface area contributed by atoms with Gasteiger partial charge in [0.15, 0.2) is 0 Å². The maximum absolute atomic E-state index is 12.8. The lowest BCUT2D eigenvalue weighted by atomic mass is 9.83. The third kappa shape index (κ3) is 6.66. The Bertz CT molecular complexity index is 751. The minimum atomic E-state index is -0.591. The minimum Gasteiger partial charge on any atom is -0.456 e. The first kappa shape index (κ1) is 24.6. The van der Waals surface area contributed by atoms with Gasteiger partial charge in [0.2, 0.25) is 0 Å². The number of carbonyl (C=O) groups is 2. The van der Waals surface area contributed by atoms with Gasteiger partial charge in [-0.25, -0.2) is 9.69 Å². The Kier molecular flexibility index (Phi) is 8.45. The number of alkyl carbamates (subject to hydrolysis) is 2. The summed E-state index contributed by atoms with van der Waals surface area (Å²) in [5.41, 5.74) is -0.453. The van der Waals surface area contributed by atoms with Crippen LogP contribution in [0, 0.1) is 16.6 Å². The van der Waals surface area contributed by atoms with Crippen LogP contribution in [0.15, 0.2) is 12.1 Å². The van der Waals surface area contributed by atoms with Crippen LogP contribution in [-0.4, -0.2) is 36.4 Å². The van der Waals surface area contributed by atoms with Crippen molar-refractivity contribution in [2.24, 2.45) is 5.92 Å². The first-order valence-electron chi connectivity index (χ1n) is 9.26. The molecule has 1 fully saturated rings. The van der Waals surface area contributed by atoms with E-state index >= 15 is 0 Å². The van der Waals surface area contributed by atoms with Crippen molar-refractivity contribution in [3.8, 4) is 0 Å². The van der Waals surface area contributed by atoms with Crippen LogP contribution in [0.3, 0.4) is 0 Å². The molecule has 0 unspecified atom stereocenters. The van der Waals surface area contributed by atoms with Crippen LogP contribution < -0.4 is 4.90 Å². The van der Waals surface area contributed by atoms with Gasteiger partial charge in [0.1, 0.15) is 11.2 Å². The molecule has 1 aromatic rings. The summed E-state index contributed by atoms with van der Waals surface area (Å²) in [5, 5.41) is 0. The lowest BCUT2D eigenvalue weighted by Gasteiger charge is -2.37. The van der Waals surface area contributed by atoms with Gasteiger partial charge in [-0.05, 0) is 115 Å². The molecule has 0 aromatic heterocycles. The summed E-state index contributed by atoms with van der Waals surface area (Å²) in [4.78, 5) is 26.0. The number of hydrogen-bond acceptors (Lipinski definition) is 4. The van der Waals surface area contributed by atoms with E-state index in [1.54, 1.807) is 0 Å². The summed E-state index contributed by atoms with van der Waals surface area (Å²) in [6.07, 6.45) is 1.44. The quantitative estimate of drug-likeness (QED) is 0.280. The number of nitrogens with one attached hydrogen (secondary N) is 1. The molecule has 5 nitrogen and oxygen atoms in total. The SMILES string of the molecule is CC(C)(C)OC(=O)[NH+]1CCC(C(C)(C)OC(=O)c2cc(I)cc(I)c2I)CC1. The largest absolute Gasteiger partial charge is 0.514 e. The summed E-state index contributed by atoms with van der Waals surface area (Å²) in [7, 11) is 0. The van der Waals surface area contributed by atoms with E-state index in [0.717, 1.165) is 28.5 Å². The summed E-state index contributed by atoms with van der Waals surface area (Å²) in [6, 6.07) is 3.91. The van der Waals surface area contributed by atoms with E-state index in [0.29, 0.717) is 18.7 Å². The van der Waals surface area contributed by atoms with Crippen LogP contribution in [0.5, 0.6) is 0 Å². The normalized spacial score (nSPS) is 20.6. The Morgan fingerprint density at radius 2 is 1.57 bits per heavy atom. The number of halogens is 3. The molecule has 1 heterocycles. The summed E-state index contributed by atoms with van der Waals surface area (Å²) >= 11 is 6.65. The van der Waals surface area contributed by atoms with Crippen molar-refractivity contribution in [2.75, 3.05) is 13.1 Å². The molecule has 1 aliphatic rings. The van der Waals surface area contributed by atoms with Gasteiger partial charge in [0.05, 0.1) is 18.7 Å². The first-order chi connectivity index (χ1) is 12.8. The van der Waals surface area contributed by atoms with E-state index in [2.05, 4.69) is 67.8 Å². The standard InChI is InChI=1S/C20H26I3NO4/c1-19(2,3)28-18(26)24-8-6-12(7-9-24)20(4,5)27-17(25)14-10-13(21)11-15(22)16(14)23/h10-12H,6-9H2,1-5H3/p+1. The van der Waals surface area contributed by atoms with Crippen molar-refractivity contribution >= 4 is 79.8 Å². The van der Waals surface area contributed by atoms with E-state index in [-0.39, 0.29) is 18.0 Å². The number of quaternary nitrogens is 1. The van der Waals surface area contributed by atoms with Gasteiger partial charge in [-0.15, -0.1) is 0 Å². The van der Waals surface area contributed by atoms with Gasteiger partial charge in [-0.3, -0.25) is 0 Å². The molecule has 0 radical (unpaired) electrons. The fourth-order valence-corrected chi connectivity index (χ4v) is 5.67. The maximum Gasteiger partial charge on any atom is 0.514 e. The van der Waals surface area contributed by atoms with Gasteiger partial charge in [-0.1, -0.05) is 0 Å². The number of benzene rings is 1. The van der Waals surface area contributed by atoms with E-state index in [9.17, 15) is 9.59 Å². The van der Waals surface area contributed by atoms with E-state index in [4.69, 9.17) is 9.47 Å². The van der Waals surface area contributed by atoms with Crippen molar-refractivity contribution < 1.29 is 24.0 Å². The van der Waals surface area contributed by atoms with Crippen LogP contribution in [-0.2, 0) is 9.47 Å². The van der Waals surface area contributed by atoms with Crippen LogP contribution in [0.4, 0.5) is 4.79 Å². The lowest BCUT2D eigenvalue weighted by Crippen LogP contribution is -3.16. The zero-order valence-electron chi connectivity index (χ0n) is 16.8. The Morgan fingerprint density at radius 1 is 1.00 bits per heavy atom. The van der Waals surface area contributed by atoms with E-state index in [1.165, 1.54) is 0 Å². The number of likely N-dealkylation sites (tertiary alicyclic amines) is 1. The third-order valence-electron chi connectivity index (χ3n) is 4.83. The Morgan fingerprint density at radius 3 is 2.11 bits per heavy atom. The number of carbonyl (C=O) groups excluding carboxylic acids is 2. The summed E-state index contributed by atoms with van der Waals surface area (Å²) < 4.78 is 14.4. The number of amides is 1. The van der Waals surface area contributed by atoms with Crippen molar-refractivity contribution in [1.82, 2.24) is 0 Å². The van der Waals surface area contributed by atoms with Gasteiger partial charge in [0.25, 0.3) is 0 Å². The van der Waals surface area contributed by atoms with Crippen molar-refractivity contribution in [3.05, 3.63) is 28.4 Å². The molecule has 28 heavy (non-hydrogen) atoms. The average molecular weight is 726 g/mol. The van der Waals surface area contributed by atoms with Crippen LogP contribution >= 0.6 is 67.8 Å². The highest BCUT2D eigenvalue weighted by molar-refractivity contribution is 14.1. The van der Waals surface area contributed by atoms with Crippen molar-refractivity contribution in [2.45, 2.75) is 58.7 Å². The zero-order valence-corrected chi connectivity index (χ0v) is 23.3. The van der Waals surface area contributed by atoms with Crippen molar-refractivity contribution in [3.63, 3.8) is 0 Å². The first-order valence-corrected chi connectivity index (χ1v) is 12.5. The highest BCUT2D eigenvalue weighted by Crippen LogP contribution is 2.31. The zero-order chi connectivity index (χ0) is 21.3. The number of esters is 1. The molecule has 0 saturated carbocycles. The van der Waals surface area contributed by atoms with Crippen LogP contribution in [0.25, 0.3) is 0 Å². The van der Waals surface area contributed by atoms with Crippen LogP contribution in [0.1, 0.15) is 57.8 Å². The number of rotatable bonds is 3. The Hall–Kier alpha value is 0.310. The third-order valence-corrected chi connectivity index (χ3v) is 8.50. The fourth-order valence-electron chi connectivity index (χ4n) is 3.30. The molecule has 2 rings (SSSR count). The molecule has 0 aliphatic carbocycles. The molecule has 1 aliphatic heterocycles. The second kappa shape index (κ2) is 9.63. The van der Waals surface area contributed by atoms with Crippen molar-refractivity contribution in [1.29, 1.82) is 0 Å².